The van der Waals surface area contributed by atoms with Crippen molar-refractivity contribution in [1.82, 2.24) is 15.2 Å². The van der Waals surface area contributed by atoms with E-state index >= 15 is 0 Å². The monoisotopic (exact) mass is 288 g/mol. The van der Waals surface area contributed by atoms with Crippen molar-refractivity contribution < 1.29 is 0 Å². The number of likely N-dealkylation sites (N-methyl/N-ethyl adjacent to an activating group) is 2. The van der Waals surface area contributed by atoms with Gasteiger partial charge in [-0.15, -0.1) is 0 Å². The van der Waals surface area contributed by atoms with Crippen molar-refractivity contribution in [3.8, 4) is 0 Å². The van der Waals surface area contributed by atoms with Crippen molar-refractivity contribution in [3.05, 3.63) is 23.4 Å². The van der Waals surface area contributed by atoms with Gasteiger partial charge in [-0.25, -0.2) is 4.98 Å². The number of nitrogens with zero attached hydrogens (tertiary/aromatic N) is 3. The van der Waals surface area contributed by atoms with Crippen LogP contribution in [-0.4, -0.2) is 49.2 Å². The van der Waals surface area contributed by atoms with E-state index in [1.165, 1.54) is 43.4 Å². The number of rotatable bonds is 6. The number of anilines is 1. The molecule has 116 valence electrons. The zero-order valence-corrected chi connectivity index (χ0v) is 13.6. The van der Waals surface area contributed by atoms with Crippen molar-refractivity contribution in [1.29, 1.82) is 0 Å². The van der Waals surface area contributed by atoms with Gasteiger partial charge in [0.15, 0.2) is 0 Å². The Morgan fingerprint density at radius 3 is 2.81 bits per heavy atom. The van der Waals surface area contributed by atoms with Gasteiger partial charge in [0, 0.05) is 38.4 Å². The van der Waals surface area contributed by atoms with E-state index in [1.807, 2.05) is 6.20 Å². The van der Waals surface area contributed by atoms with Crippen LogP contribution in [-0.2, 0) is 6.54 Å². The Bertz CT molecular complexity index is 484. The lowest BCUT2D eigenvalue weighted by atomic mass is 10.1. The molecule has 0 aromatic carbocycles. The average Bonchev–Trinajstić information content (AvgIpc) is 3.20. The van der Waals surface area contributed by atoms with Crippen LogP contribution in [0, 0.1) is 6.92 Å². The molecule has 21 heavy (non-hydrogen) atoms. The second kappa shape index (κ2) is 6.32. The minimum atomic E-state index is 0.674. The third-order valence-electron chi connectivity index (χ3n) is 4.80. The lowest BCUT2D eigenvalue weighted by Gasteiger charge is -2.27. The molecule has 3 rings (SSSR count). The Morgan fingerprint density at radius 2 is 2.19 bits per heavy atom. The molecule has 1 unspecified atom stereocenters. The fourth-order valence-corrected chi connectivity index (χ4v) is 3.28. The molecule has 1 N–H and O–H groups in total. The van der Waals surface area contributed by atoms with Gasteiger partial charge in [0.1, 0.15) is 5.82 Å². The van der Waals surface area contributed by atoms with Crippen LogP contribution in [0.4, 0.5) is 5.82 Å². The molecule has 1 aromatic heterocycles. The first-order valence-corrected chi connectivity index (χ1v) is 8.24. The number of pyridine rings is 1. The normalized spacial score (nSPS) is 22.7. The summed E-state index contributed by atoms with van der Waals surface area (Å²) in [5, 5.41) is 3.55. The number of aryl methyl sites for hydroxylation is 1. The Morgan fingerprint density at radius 1 is 1.38 bits per heavy atom. The molecule has 1 saturated carbocycles. The van der Waals surface area contributed by atoms with Gasteiger partial charge in [-0.05, 0) is 63.4 Å². The number of hydrogen-bond acceptors (Lipinski definition) is 4. The molecule has 1 aliphatic carbocycles. The molecule has 0 radical (unpaired) electrons. The van der Waals surface area contributed by atoms with E-state index in [4.69, 9.17) is 4.98 Å². The minimum Gasteiger partial charge on any atom is -0.358 e. The molecule has 4 heteroatoms. The maximum absolute atomic E-state index is 4.71. The largest absolute Gasteiger partial charge is 0.358 e. The van der Waals surface area contributed by atoms with Gasteiger partial charge in [0.2, 0.25) is 0 Å². The quantitative estimate of drug-likeness (QED) is 0.869. The molecule has 0 bridgehead atoms. The fourth-order valence-electron chi connectivity index (χ4n) is 3.28. The van der Waals surface area contributed by atoms with Gasteiger partial charge in [0.05, 0.1) is 0 Å². The molecule has 0 amide bonds. The van der Waals surface area contributed by atoms with Gasteiger partial charge < -0.3 is 15.1 Å². The van der Waals surface area contributed by atoms with E-state index < -0.39 is 0 Å². The molecular weight excluding hydrogens is 260 g/mol. The van der Waals surface area contributed by atoms with Gasteiger partial charge in [-0.3, -0.25) is 0 Å². The van der Waals surface area contributed by atoms with E-state index in [0.717, 1.165) is 24.9 Å². The first-order chi connectivity index (χ1) is 10.1. The van der Waals surface area contributed by atoms with Crippen LogP contribution in [0.3, 0.4) is 0 Å². The maximum Gasteiger partial charge on any atom is 0.131 e. The molecule has 4 nitrogen and oxygen atoms in total. The highest BCUT2D eigenvalue weighted by molar-refractivity contribution is 5.46. The number of aromatic nitrogens is 1. The Labute approximate surface area is 128 Å². The Kier molecular flexibility index (Phi) is 4.45. The zero-order chi connectivity index (χ0) is 14.8. The van der Waals surface area contributed by atoms with Gasteiger partial charge in [-0.2, -0.15) is 0 Å². The number of hydrogen-bond donors (Lipinski definition) is 1. The summed E-state index contributed by atoms with van der Waals surface area (Å²) in [4.78, 5) is 9.50. The van der Waals surface area contributed by atoms with Crippen LogP contribution in [0.15, 0.2) is 12.3 Å². The molecule has 1 atom stereocenters. The van der Waals surface area contributed by atoms with Gasteiger partial charge in [0.25, 0.3) is 0 Å². The van der Waals surface area contributed by atoms with Crippen LogP contribution in [0.5, 0.6) is 0 Å². The fraction of sp³-hybridized carbons (Fsp3) is 0.706. The second-order valence-electron chi connectivity index (χ2n) is 6.80. The minimum absolute atomic E-state index is 0.674. The molecular formula is C17H28N4. The van der Waals surface area contributed by atoms with Gasteiger partial charge >= 0.3 is 0 Å². The van der Waals surface area contributed by atoms with E-state index in [1.54, 1.807) is 0 Å². The van der Waals surface area contributed by atoms with E-state index in [9.17, 15) is 0 Å². The summed E-state index contributed by atoms with van der Waals surface area (Å²) < 4.78 is 0. The topological polar surface area (TPSA) is 31.4 Å². The summed E-state index contributed by atoms with van der Waals surface area (Å²) in [6.45, 7) is 5.44. The third-order valence-corrected chi connectivity index (χ3v) is 4.80. The van der Waals surface area contributed by atoms with Crippen LogP contribution >= 0.6 is 0 Å². The summed E-state index contributed by atoms with van der Waals surface area (Å²) in [7, 11) is 4.40. The highest BCUT2D eigenvalue weighted by Crippen LogP contribution is 2.22. The van der Waals surface area contributed by atoms with Gasteiger partial charge in [-0.1, -0.05) is 0 Å². The molecule has 1 saturated heterocycles. The standard InChI is InChI=1S/C17H28N4/c1-13-9-14(10-18-15-6-7-15)11-19-17(13)21(3)12-16-5-4-8-20(16)2/h9,11,15-16,18H,4-8,10,12H2,1-3H3. The van der Waals surface area contributed by atoms with Crippen LogP contribution < -0.4 is 10.2 Å². The summed E-state index contributed by atoms with van der Waals surface area (Å²) in [5.41, 5.74) is 2.59. The maximum atomic E-state index is 4.71. The number of nitrogens with one attached hydrogen (secondary N) is 1. The van der Waals surface area contributed by atoms with Crippen molar-refractivity contribution in [2.24, 2.45) is 0 Å². The predicted molar refractivity (Wildman–Crippen MR) is 87.8 cm³/mol. The first-order valence-electron chi connectivity index (χ1n) is 8.24. The van der Waals surface area contributed by atoms with E-state index in [2.05, 4.69) is 42.2 Å². The second-order valence-corrected chi connectivity index (χ2v) is 6.80. The van der Waals surface area contributed by atoms with Crippen LogP contribution in [0.2, 0.25) is 0 Å². The Hall–Kier alpha value is -1.13. The predicted octanol–water partition coefficient (Wildman–Crippen LogP) is 2.17. The molecule has 2 aliphatic rings. The molecule has 2 fully saturated rings. The molecule has 1 aliphatic heterocycles. The SMILES string of the molecule is Cc1cc(CNC2CC2)cnc1N(C)CC1CCCN1C. The van der Waals surface area contributed by atoms with E-state index in [0.29, 0.717) is 6.04 Å². The Balaban J connectivity index is 1.60. The van der Waals surface area contributed by atoms with Crippen LogP contribution in [0.25, 0.3) is 0 Å². The lowest BCUT2D eigenvalue weighted by Crippen LogP contribution is -2.37. The summed E-state index contributed by atoms with van der Waals surface area (Å²) in [5.74, 6) is 1.13. The first kappa shape index (κ1) is 14.8. The van der Waals surface area contributed by atoms with E-state index in [-0.39, 0.29) is 0 Å². The highest BCUT2D eigenvalue weighted by atomic mass is 15.2. The smallest absolute Gasteiger partial charge is 0.131 e. The molecule has 0 spiro atoms. The summed E-state index contributed by atoms with van der Waals surface area (Å²) >= 11 is 0. The van der Waals surface area contributed by atoms with Crippen molar-refractivity contribution in [2.75, 3.05) is 32.1 Å². The zero-order valence-electron chi connectivity index (χ0n) is 13.6. The third kappa shape index (κ3) is 3.74. The van der Waals surface area contributed by atoms with Crippen LogP contribution in [0.1, 0.15) is 36.8 Å². The van der Waals surface area contributed by atoms with Crippen molar-refractivity contribution in [3.63, 3.8) is 0 Å². The highest BCUT2D eigenvalue weighted by Gasteiger charge is 2.23. The summed E-state index contributed by atoms with van der Waals surface area (Å²) in [6.07, 6.45) is 7.34. The number of likely N-dealkylation sites (tertiary alicyclic amines) is 1. The molecule has 2 heterocycles. The van der Waals surface area contributed by atoms with Crippen molar-refractivity contribution >= 4 is 5.82 Å². The molecule has 1 aromatic rings. The average molecular weight is 288 g/mol. The summed E-state index contributed by atoms with van der Waals surface area (Å²) in [6, 6.07) is 3.71. The van der Waals surface area contributed by atoms with Crippen molar-refractivity contribution in [2.45, 2.75) is 51.2 Å². The lowest BCUT2D eigenvalue weighted by molar-refractivity contribution is 0.314.